The van der Waals surface area contributed by atoms with Gasteiger partial charge in [-0.3, -0.25) is 0 Å². The summed E-state index contributed by atoms with van der Waals surface area (Å²) in [5, 5.41) is 13.9. The largest absolute Gasteiger partial charge is 0.508 e. The van der Waals surface area contributed by atoms with Gasteiger partial charge < -0.3 is 15.0 Å². The van der Waals surface area contributed by atoms with Crippen molar-refractivity contribution in [2.24, 2.45) is 0 Å². The van der Waals surface area contributed by atoms with Gasteiger partial charge in [0.05, 0.1) is 0 Å². The van der Waals surface area contributed by atoms with Gasteiger partial charge in [-0.25, -0.2) is 0 Å². The van der Waals surface area contributed by atoms with Crippen LogP contribution in [0.1, 0.15) is 18.7 Å². The molecule has 0 bridgehead atoms. The Kier molecular flexibility index (Phi) is 1.76. The van der Waals surface area contributed by atoms with Crippen LogP contribution in [0.2, 0.25) is 0 Å². The minimum atomic E-state index is 0.339. The van der Waals surface area contributed by atoms with Gasteiger partial charge in [0.25, 0.3) is 0 Å². The molecule has 3 nitrogen and oxygen atoms in total. The molecule has 0 saturated carbocycles. The van der Waals surface area contributed by atoms with E-state index < -0.39 is 0 Å². The highest BCUT2D eigenvalue weighted by atomic mass is 16.3. The molecule has 1 aromatic carbocycles. The van der Waals surface area contributed by atoms with E-state index in [9.17, 15) is 5.11 Å². The van der Waals surface area contributed by atoms with Crippen LogP contribution >= 0.6 is 0 Å². The van der Waals surface area contributed by atoms with Gasteiger partial charge in [0.1, 0.15) is 5.75 Å². The molecule has 0 radical (unpaired) electrons. The molecule has 0 spiro atoms. The molecule has 15 heavy (non-hydrogen) atoms. The molecule has 78 valence electrons. The smallest absolute Gasteiger partial charge is 0.116 e. The summed E-state index contributed by atoms with van der Waals surface area (Å²) < 4.78 is 2.35. The van der Waals surface area contributed by atoms with Crippen LogP contribution in [0, 0.1) is 0 Å². The Morgan fingerprint density at radius 3 is 3.13 bits per heavy atom. The molecule has 0 fully saturated rings. The number of phenols is 1. The summed E-state index contributed by atoms with van der Waals surface area (Å²) in [5.41, 5.74) is 2.52. The van der Waals surface area contributed by atoms with Gasteiger partial charge in [0.15, 0.2) is 0 Å². The first-order chi connectivity index (χ1) is 7.25. The lowest BCUT2D eigenvalue weighted by atomic mass is 10.2. The lowest BCUT2D eigenvalue weighted by molar-refractivity contribution is 0.439. The van der Waals surface area contributed by atoms with Crippen LogP contribution in [0.3, 0.4) is 0 Å². The molecule has 2 aromatic rings. The van der Waals surface area contributed by atoms with Gasteiger partial charge in [0.2, 0.25) is 0 Å². The molecule has 3 rings (SSSR count). The summed E-state index contributed by atoms with van der Waals surface area (Å²) in [7, 11) is 0. The number of rotatable bonds is 0. The maximum absolute atomic E-state index is 9.43. The highest BCUT2D eigenvalue weighted by molar-refractivity contribution is 5.83. The predicted molar refractivity (Wildman–Crippen MR) is 60.0 cm³/mol. The van der Waals surface area contributed by atoms with E-state index in [0.29, 0.717) is 11.8 Å². The van der Waals surface area contributed by atoms with E-state index in [2.05, 4.69) is 22.9 Å². The van der Waals surface area contributed by atoms with E-state index in [1.807, 2.05) is 12.1 Å². The molecular weight excluding hydrogens is 188 g/mol. The van der Waals surface area contributed by atoms with Crippen LogP contribution in [0.15, 0.2) is 24.3 Å². The minimum Gasteiger partial charge on any atom is -0.508 e. The summed E-state index contributed by atoms with van der Waals surface area (Å²) in [4.78, 5) is 0. The molecule has 0 aliphatic carbocycles. The number of hydrogen-bond acceptors (Lipinski definition) is 2. The zero-order valence-corrected chi connectivity index (χ0v) is 8.70. The summed E-state index contributed by atoms with van der Waals surface area (Å²) in [6, 6.07) is 8.21. The molecule has 1 aromatic heterocycles. The number of aromatic hydroxyl groups is 1. The SMILES string of the molecule is C[C@@H]1CNCc2cc3cc(O)ccc3n21. The van der Waals surface area contributed by atoms with E-state index in [4.69, 9.17) is 0 Å². The number of aromatic nitrogens is 1. The van der Waals surface area contributed by atoms with Gasteiger partial charge in [-0.2, -0.15) is 0 Å². The van der Waals surface area contributed by atoms with Gasteiger partial charge in [-0.15, -0.1) is 0 Å². The highest BCUT2D eigenvalue weighted by Crippen LogP contribution is 2.28. The minimum absolute atomic E-state index is 0.339. The van der Waals surface area contributed by atoms with Crippen LogP contribution in [0.5, 0.6) is 5.75 Å². The molecular formula is C12H14N2O. The van der Waals surface area contributed by atoms with Crippen LogP contribution in [-0.4, -0.2) is 16.2 Å². The van der Waals surface area contributed by atoms with Gasteiger partial charge in [-0.1, -0.05) is 0 Å². The molecule has 2 heterocycles. The second kappa shape index (κ2) is 3.00. The second-order valence-electron chi connectivity index (χ2n) is 4.23. The summed E-state index contributed by atoms with van der Waals surface area (Å²) in [6.45, 7) is 4.14. The van der Waals surface area contributed by atoms with Crippen LogP contribution in [-0.2, 0) is 6.54 Å². The van der Waals surface area contributed by atoms with Crippen molar-refractivity contribution in [1.29, 1.82) is 0 Å². The van der Waals surface area contributed by atoms with Crippen molar-refractivity contribution in [3.8, 4) is 5.75 Å². The van der Waals surface area contributed by atoms with Crippen molar-refractivity contribution >= 4 is 10.9 Å². The Balaban J connectivity index is 2.32. The maximum atomic E-state index is 9.43. The Labute approximate surface area is 88.3 Å². The maximum Gasteiger partial charge on any atom is 0.116 e. The fourth-order valence-electron chi connectivity index (χ4n) is 2.44. The number of benzene rings is 1. The molecule has 0 unspecified atom stereocenters. The lowest BCUT2D eigenvalue weighted by Crippen LogP contribution is -2.30. The number of nitrogens with zero attached hydrogens (tertiary/aromatic N) is 1. The molecule has 1 atom stereocenters. The molecule has 0 saturated heterocycles. The third kappa shape index (κ3) is 1.23. The predicted octanol–water partition coefficient (Wildman–Crippen LogP) is 2.01. The zero-order valence-electron chi connectivity index (χ0n) is 8.70. The Morgan fingerprint density at radius 2 is 2.27 bits per heavy atom. The van der Waals surface area contributed by atoms with Crippen molar-refractivity contribution in [3.05, 3.63) is 30.0 Å². The first kappa shape index (κ1) is 8.80. The van der Waals surface area contributed by atoms with Crippen molar-refractivity contribution in [2.45, 2.75) is 19.5 Å². The fourth-order valence-corrected chi connectivity index (χ4v) is 2.44. The zero-order chi connectivity index (χ0) is 10.4. The number of phenolic OH excluding ortho intramolecular Hbond substituents is 1. The monoisotopic (exact) mass is 202 g/mol. The standard InChI is InChI=1S/C12H14N2O/c1-8-6-13-7-10-4-9-5-11(15)2-3-12(9)14(8)10/h2-5,8,13,15H,6-7H2,1H3/t8-/m1/s1. The normalized spacial score (nSPS) is 20.5. The Bertz CT molecular complexity index is 516. The summed E-state index contributed by atoms with van der Waals surface area (Å²) in [6.07, 6.45) is 0. The van der Waals surface area contributed by atoms with E-state index in [1.165, 1.54) is 11.2 Å². The van der Waals surface area contributed by atoms with E-state index in [-0.39, 0.29) is 0 Å². The van der Waals surface area contributed by atoms with E-state index >= 15 is 0 Å². The second-order valence-corrected chi connectivity index (χ2v) is 4.23. The van der Waals surface area contributed by atoms with Crippen molar-refractivity contribution in [1.82, 2.24) is 9.88 Å². The Morgan fingerprint density at radius 1 is 1.40 bits per heavy atom. The third-order valence-corrected chi connectivity index (χ3v) is 3.09. The number of hydrogen-bond donors (Lipinski definition) is 2. The quantitative estimate of drug-likeness (QED) is 0.685. The van der Waals surface area contributed by atoms with E-state index in [1.54, 1.807) is 6.07 Å². The molecule has 2 N–H and O–H groups in total. The average Bonchev–Trinajstić information content (AvgIpc) is 2.56. The fraction of sp³-hybridized carbons (Fsp3) is 0.333. The first-order valence-corrected chi connectivity index (χ1v) is 5.29. The van der Waals surface area contributed by atoms with Crippen molar-refractivity contribution < 1.29 is 5.11 Å². The average molecular weight is 202 g/mol. The van der Waals surface area contributed by atoms with Gasteiger partial charge >= 0.3 is 0 Å². The van der Waals surface area contributed by atoms with Crippen molar-refractivity contribution in [3.63, 3.8) is 0 Å². The first-order valence-electron chi connectivity index (χ1n) is 5.29. The summed E-state index contributed by atoms with van der Waals surface area (Å²) in [5.74, 6) is 0.339. The topological polar surface area (TPSA) is 37.2 Å². The van der Waals surface area contributed by atoms with Crippen LogP contribution in [0.25, 0.3) is 10.9 Å². The highest BCUT2D eigenvalue weighted by Gasteiger charge is 2.17. The third-order valence-electron chi connectivity index (χ3n) is 3.09. The van der Waals surface area contributed by atoms with Crippen LogP contribution in [0.4, 0.5) is 0 Å². The summed E-state index contributed by atoms with van der Waals surface area (Å²) >= 11 is 0. The lowest BCUT2D eigenvalue weighted by Gasteiger charge is -2.24. The van der Waals surface area contributed by atoms with Gasteiger partial charge in [-0.05, 0) is 31.2 Å². The van der Waals surface area contributed by atoms with Gasteiger partial charge in [0, 0.05) is 35.7 Å². The number of fused-ring (bicyclic) bond motifs is 3. The molecule has 0 amide bonds. The van der Waals surface area contributed by atoms with E-state index in [0.717, 1.165) is 18.5 Å². The number of nitrogens with one attached hydrogen (secondary N) is 1. The van der Waals surface area contributed by atoms with Crippen LogP contribution < -0.4 is 5.32 Å². The molecule has 3 heteroatoms. The Hall–Kier alpha value is -1.48. The molecule has 1 aliphatic heterocycles. The molecule has 1 aliphatic rings. The van der Waals surface area contributed by atoms with Crippen molar-refractivity contribution in [2.75, 3.05) is 6.54 Å².